The molecule has 2 N–H and O–H groups in total. The smallest absolute Gasteiger partial charge is 0.327 e. The summed E-state index contributed by atoms with van der Waals surface area (Å²) in [6, 6.07) is 0. The van der Waals surface area contributed by atoms with Gasteiger partial charge in [0, 0.05) is 26.2 Å². The molecular formula is C22H34O5. The number of carbonyl (C=O) groups excluding carboxylic acids is 1. The van der Waals surface area contributed by atoms with Gasteiger partial charge in [0.05, 0.1) is 12.0 Å². The SMILES string of the molecule is COCCCCCCCC(=O)[C@H]1[C@@H]2C=C(CCC=CC(=O)O)C[C@@H]2C[C@@H]1O. The molecule has 2 aliphatic rings. The van der Waals surface area contributed by atoms with Gasteiger partial charge in [0.15, 0.2) is 0 Å². The Hall–Kier alpha value is -1.46. The summed E-state index contributed by atoms with van der Waals surface area (Å²) in [4.78, 5) is 23.2. The molecule has 0 radical (unpaired) electrons. The third kappa shape index (κ3) is 6.89. The molecule has 0 aromatic carbocycles. The van der Waals surface area contributed by atoms with E-state index in [1.165, 1.54) is 11.6 Å². The number of ether oxygens (including phenoxy) is 1. The molecule has 0 saturated heterocycles. The van der Waals surface area contributed by atoms with Gasteiger partial charge in [-0.1, -0.05) is 37.0 Å². The summed E-state index contributed by atoms with van der Waals surface area (Å²) < 4.78 is 5.04. The van der Waals surface area contributed by atoms with Crippen LogP contribution in [-0.4, -0.2) is 41.8 Å². The van der Waals surface area contributed by atoms with Crippen molar-refractivity contribution in [1.29, 1.82) is 0 Å². The number of aliphatic carboxylic acids is 1. The number of Topliss-reactive ketones (excluding diaryl/α,β-unsaturated/α-hetero) is 1. The second kappa shape index (κ2) is 11.4. The fraction of sp³-hybridized carbons (Fsp3) is 0.727. The van der Waals surface area contributed by atoms with Gasteiger partial charge in [0.25, 0.3) is 0 Å². The molecule has 0 spiro atoms. The van der Waals surface area contributed by atoms with Gasteiger partial charge in [-0.25, -0.2) is 4.79 Å². The van der Waals surface area contributed by atoms with E-state index in [1.807, 2.05) is 0 Å². The number of fused-ring (bicyclic) bond motifs is 1. The number of carbonyl (C=O) groups is 2. The van der Waals surface area contributed by atoms with Crippen LogP contribution in [0.2, 0.25) is 0 Å². The lowest BCUT2D eigenvalue weighted by Gasteiger charge is -2.18. The van der Waals surface area contributed by atoms with Crippen LogP contribution >= 0.6 is 0 Å². The first-order valence-electron chi connectivity index (χ1n) is 10.3. The number of hydrogen-bond donors (Lipinski definition) is 2. The van der Waals surface area contributed by atoms with Crippen LogP contribution < -0.4 is 0 Å². The van der Waals surface area contributed by atoms with Gasteiger partial charge in [0.2, 0.25) is 0 Å². The van der Waals surface area contributed by atoms with Crippen molar-refractivity contribution in [3.8, 4) is 0 Å². The number of ketones is 1. The van der Waals surface area contributed by atoms with Gasteiger partial charge >= 0.3 is 5.97 Å². The van der Waals surface area contributed by atoms with Crippen molar-refractivity contribution < 1.29 is 24.5 Å². The summed E-state index contributed by atoms with van der Waals surface area (Å²) in [7, 11) is 1.72. The van der Waals surface area contributed by atoms with Gasteiger partial charge in [-0.15, -0.1) is 0 Å². The quantitative estimate of drug-likeness (QED) is 0.288. The van der Waals surface area contributed by atoms with Crippen molar-refractivity contribution in [2.45, 2.75) is 70.3 Å². The second-order valence-corrected chi connectivity index (χ2v) is 7.95. The minimum absolute atomic E-state index is 0.174. The van der Waals surface area contributed by atoms with Crippen molar-refractivity contribution in [2.24, 2.45) is 17.8 Å². The molecule has 1 saturated carbocycles. The number of carboxylic acid groups (broad SMARTS) is 1. The number of carboxylic acids is 1. The topological polar surface area (TPSA) is 83.8 Å². The summed E-state index contributed by atoms with van der Waals surface area (Å²) in [6.07, 6.45) is 13.6. The van der Waals surface area contributed by atoms with E-state index < -0.39 is 12.1 Å². The molecule has 0 unspecified atom stereocenters. The lowest BCUT2D eigenvalue weighted by atomic mass is 9.86. The average Bonchev–Trinajstić information content (AvgIpc) is 3.13. The Morgan fingerprint density at radius 1 is 1.22 bits per heavy atom. The molecule has 0 aromatic heterocycles. The Kier molecular flexibility index (Phi) is 9.22. The predicted octanol–water partition coefficient (Wildman–Crippen LogP) is 3.91. The van der Waals surface area contributed by atoms with Crippen LogP contribution in [0.4, 0.5) is 0 Å². The molecule has 0 aromatic rings. The zero-order valence-corrected chi connectivity index (χ0v) is 16.4. The summed E-state index contributed by atoms with van der Waals surface area (Å²) >= 11 is 0. The summed E-state index contributed by atoms with van der Waals surface area (Å²) in [5, 5.41) is 19.0. The van der Waals surface area contributed by atoms with E-state index in [2.05, 4.69) is 6.08 Å². The zero-order chi connectivity index (χ0) is 19.6. The van der Waals surface area contributed by atoms with Gasteiger partial charge in [-0.3, -0.25) is 4.79 Å². The Morgan fingerprint density at radius 2 is 1.96 bits per heavy atom. The number of aliphatic hydroxyl groups is 1. The molecular weight excluding hydrogens is 344 g/mol. The maximum absolute atomic E-state index is 12.7. The highest BCUT2D eigenvalue weighted by Crippen LogP contribution is 2.48. The number of rotatable bonds is 13. The maximum Gasteiger partial charge on any atom is 0.327 e. The molecule has 0 aliphatic heterocycles. The highest BCUT2D eigenvalue weighted by Gasteiger charge is 2.47. The van der Waals surface area contributed by atoms with Crippen molar-refractivity contribution >= 4 is 11.8 Å². The van der Waals surface area contributed by atoms with Crippen LogP contribution in [0.25, 0.3) is 0 Å². The summed E-state index contributed by atoms with van der Waals surface area (Å²) in [5.41, 5.74) is 1.31. The average molecular weight is 379 g/mol. The van der Waals surface area contributed by atoms with Gasteiger partial charge in [-0.05, 0) is 50.4 Å². The molecule has 2 aliphatic carbocycles. The Balaban J connectivity index is 1.75. The fourth-order valence-electron chi connectivity index (χ4n) is 4.61. The summed E-state index contributed by atoms with van der Waals surface area (Å²) in [6.45, 7) is 0.803. The monoisotopic (exact) mass is 378 g/mol. The third-order valence-corrected chi connectivity index (χ3v) is 5.91. The molecule has 152 valence electrons. The number of hydrogen-bond acceptors (Lipinski definition) is 4. The largest absolute Gasteiger partial charge is 0.478 e. The number of aliphatic hydroxyl groups excluding tert-OH is 1. The first-order chi connectivity index (χ1) is 13.0. The summed E-state index contributed by atoms with van der Waals surface area (Å²) in [5.74, 6) is -0.389. The molecule has 0 heterocycles. The molecule has 0 bridgehead atoms. The standard InChI is InChI=1S/C22H34O5/c1-27-12-8-4-2-3-5-10-19(23)22-18-14-16(9-6-7-11-21(25)26)13-17(18)15-20(22)24/h7,11,14,17-18,20,22,24H,2-6,8-10,12-13,15H2,1H3,(H,25,26)/t17-,18-,20+,22-/m1/s1. The zero-order valence-electron chi connectivity index (χ0n) is 16.4. The number of unbranched alkanes of at least 4 members (excludes halogenated alkanes) is 4. The fourth-order valence-corrected chi connectivity index (χ4v) is 4.61. The molecule has 4 atom stereocenters. The normalized spacial score (nSPS) is 27.1. The minimum Gasteiger partial charge on any atom is -0.478 e. The molecule has 5 heteroatoms. The highest BCUT2D eigenvalue weighted by atomic mass is 16.5. The van der Waals surface area contributed by atoms with Crippen LogP contribution in [-0.2, 0) is 14.3 Å². The van der Waals surface area contributed by atoms with Crippen LogP contribution in [0.1, 0.15) is 64.2 Å². The lowest BCUT2D eigenvalue weighted by molar-refractivity contribution is -0.131. The van der Waals surface area contributed by atoms with E-state index in [-0.39, 0.29) is 17.6 Å². The van der Waals surface area contributed by atoms with E-state index in [4.69, 9.17) is 9.84 Å². The minimum atomic E-state index is -0.917. The molecule has 0 amide bonds. The van der Waals surface area contributed by atoms with Gasteiger partial charge in [0.1, 0.15) is 5.78 Å². The number of methoxy groups -OCH3 is 1. The van der Waals surface area contributed by atoms with Crippen molar-refractivity contribution in [1.82, 2.24) is 0 Å². The number of allylic oxidation sites excluding steroid dienone is 3. The Morgan fingerprint density at radius 3 is 2.70 bits per heavy atom. The predicted molar refractivity (Wildman–Crippen MR) is 104 cm³/mol. The van der Waals surface area contributed by atoms with Gasteiger partial charge in [-0.2, -0.15) is 0 Å². The highest BCUT2D eigenvalue weighted by molar-refractivity contribution is 5.82. The first-order valence-corrected chi connectivity index (χ1v) is 10.3. The van der Waals surface area contributed by atoms with E-state index in [0.29, 0.717) is 25.2 Å². The Labute approximate surface area is 162 Å². The molecule has 27 heavy (non-hydrogen) atoms. The maximum atomic E-state index is 12.7. The lowest BCUT2D eigenvalue weighted by Crippen LogP contribution is -2.27. The van der Waals surface area contributed by atoms with E-state index >= 15 is 0 Å². The second-order valence-electron chi connectivity index (χ2n) is 7.95. The Bertz CT molecular complexity index is 551. The molecule has 2 rings (SSSR count). The van der Waals surface area contributed by atoms with E-state index in [9.17, 15) is 14.7 Å². The van der Waals surface area contributed by atoms with Crippen molar-refractivity contribution in [3.63, 3.8) is 0 Å². The van der Waals surface area contributed by atoms with Gasteiger partial charge < -0.3 is 14.9 Å². The van der Waals surface area contributed by atoms with Crippen molar-refractivity contribution in [3.05, 3.63) is 23.8 Å². The van der Waals surface area contributed by atoms with Crippen molar-refractivity contribution in [2.75, 3.05) is 13.7 Å². The van der Waals surface area contributed by atoms with Crippen LogP contribution in [0.5, 0.6) is 0 Å². The molecule has 1 fully saturated rings. The third-order valence-electron chi connectivity index (χ3n) is 5.91. The van der Waals surface area contributed by atoms with E-state index in [1.54, 1.807) is 13.2 Å². The molecule has 5 nitrogen and oxygen atoms in total. The first kappa shape index (κ1) is 21.8. The van der Waals surface area contributed by atoms with Crippen LogP contribution in [0.3, 0.4) is 0 Å². The van der Waals surface area contributed by atoms with Crippen LogP contribution in [0, 0.1) is 17.8 Å². The van der Waals surface area contributed by atoms with Crippen LogP contribution in [0.15, 0.2) is 23.8 Å². The van der Waals surface area contributed by atoms with E-state index in [0.717, 1.165) is 51.6 Å².